The number of carbonyl (C=O) groups excluding carboxylic acids is 3. The van der Waals surface area contributed by atoms with E-state index in [2.05, 4.69) is 32.6 Å². The molecule has 3 rings (SSSR count). The molecule has 3 amide bonds. The van der Waals surface area contributed by atoms with Crippen molar-refractivity contribution in [3.8, 4) is 5.75 Å². The summed E-state index contributed by atoms with van der Waals surface area (Å²) < 4.78 is 10.7. The summed E-state index contributed by atoms with van der Waals surface area (Å²) in [6, 6.07) is 12.5. The number of hydrogen-bond donors (Lipinski definition) is 1. The van der Waals surface area contributed by atoms with Crippen LogP contribution in [0.25, 0.3) is 6.08 Å². The van der Waals surface area contributed by atoms with E-state index >= 15 is 0 Å². The Bertz CT molecular complexity index is 985. The smallest absolute Gasteiger partial charge is 0.343 e. The van der Waals surface area contributed by atoms with Crippen LogP contribution in [0.1, 0.15) is 16.7 Å². The van der Waals surface area contributed by atoms with Crippen molar-refractivity contribution >= 4 is 46.6 Å². The molecule has 2 aromatic rings. The minimum atomic E-state index is -0.472. The van der Waals surface area contributed by atoms with Gasteiger partial charge in [0.2, 0.25) is 0 Å². The maximum absolute atomic E-state index is 12.7. The second kappa shape index (κ2) is 9.08. The zero-order chi connectivity index (χ0) is 21.0. The van der Waals surface area contributed by atoms with Gasteiger partial charge in [0.25, 0.3) is 5.91 Å². The predicted octanol–water partition coefficient (Wildman–Crippen LogP) is 3.24. The van der Waals surface area contributed by atoms with Gasteiger partial charge in [-0.2, -0.15) is 0 Å². The van der Waals surface area contributed by atoms with Gasteiger partial charge in [0.15, 0.2) is 6.61 Å². The molecule has 0 unspecified atom stereocenters. The van der Waals surface area contributed by atoms with Crippen LogP contribution in [0, 0.1) is 10.5 Å². The number of nitrogens with zero attached hydrogens (tertiary/aromatic N) is 1. The van der Waals surface area contributed by atoms with Crippen molar-refractivity contribution in [3.05, 3.63) is 68.4 Å². The number of amides is 3. The molecule has 0 aromatic heterocycles. The zero-order valence-electron chi connectivity index (χ0n) is 15.9. The van der Waals surface area contributed by atoms with Crippen molar-refractivity contribution in [1.29, 1.82) is 0 Å². The molecule has 0 bridgehead atoms. The number of halogens is 1. The van der Waals surface area contributed by atoms with E-state index in [4.69, 9.17) is 4.74 Å². The summed E-state index contributed by atoms with van der Waals surface area (Å²) in [7, 11) is 1.29. The monoisotopic (exact) mass is 506 g/mol. The highest BCUT2D eigenvalue weighted by molar-refractivity contribution is 14.1. The van der Waals surface area contributed by atoms with Crippen LogP contribution in [-0.4, -0.2) is 36.5 Å². The van der Waals surface area contributed by atoms with Gasteiger partial charge >= 0.3 is 12.0 Å². The number of esters is 1. The second-order valence-corrected chi connectivity index (χ2v) is 7.58. The molecule has 8 heteroatoms. The van der Waals surface area contributed by atoms with Gasteiger partial charge in [0, 0.05) is 0 Å². The van der Waals surface area contributed by atoms with Crippen LogP contribution in [0.5, 0.6) is 5.75 Å². The lowest BCUT2D eigenvalue weighted by molar-refractivity contribution is -0.142. The molecule has 0 spiro atoms. The molecule has 1 N–H and O–H groups in total. The first kappa shape index (κ1) is 20.8. The van der Waals surface area contributed by atoms with Gasteiger partial charge in [-0.25, -0.2) is 9.59 Å². The summed E-state index contributed by atoms with van der Waals surface area (Å²) in [6.07, 6.45) is 1.61. The largest absolute Gasteiger partial charge is 0.481 e. The third-order valence-electron chi connectivity index (χ3n) is 4.26. The number of hydrogen-bond acceptors (Lipinski definition) is 5. The van der Waals surface area contributed by atoms with Gasteiger partial charge in [-0.05, 0) is 58.9 Å². The molecule has 29 heavy (non-hydrogen) atoms. The standard InChI is InChI=1S/C21H19IN2O5/c1-13-3-5-14(6-4-13)11-24-20(26)17(23-21(24)27)10-15-7-8-18(16(22)9-15)29-12-19(25)28-2/h3-10H,11-12H2,1-2H3,(H,23,27)/b17-10+. The third kappa shape index (κ3) is 5.14. The highest BCUT2D eigenvalue weighted by atomic mass is 127. The summed E-state index contributed by atoms with van der Waals surface area (Å²) in [4.78, 5) is 37.3. The summed E-state index contributed by atoms with van der Waals surface area (Å²) in [5.74, 6) is -0.322. The average Bonchev–Trinajstić information content (AvgIpc) is 2.96. The fourth-order valence-corrected chi connectivity index (χ4v) is 3.37. The molecular formula is C21H19IN2O5. The van der Waals surface area contributed by atoms with E-state index in [-0.39, 0.29) is 24.8 Å². The SMILES string of the molecule is COC(=O)COc1ccc(/C=C2/NC(=O)N(Cc3ccc(C)cc3)C2=O)cc1I. The number of benzene rings is 2. The molecule has 0 atom stereocenters. The van der Waals surface area contributed by atoms with Crippen LogP contribution in [-0.2, 0) is 20.9 Å². The number of ether oxygens (including phenoxy) is 2. The average molecular weight is 506 g/mol. The number of rotatable bonds is 6. The molecule has 7 nitrogen and oxygen atoms in total. The van der Waals surface area contributed by atoms with Gasteiger partial charge in [-0.1, -0.05) is 35.9 Å². The molecule has 0 radical (unpaired) electrons. The van der Waals surface area contributed by atoms with E-state index in [1.165, 1.54) is 12.0 Å². The lowest BCUT2D eigenvalue weighted by Crippen LogP contribution is -2.30. The molecule has 150 valence electrons. The number of carbonyl (C=O) groups is 3. The van der Waals surface area contributed by atoms with Crippen molar-refractivity contribution in [3.63, 3.8) is 0 Å². The Hall–Kier alpha value is -2.88. The van der Waals surface area contributed by atoms with Gasteiger partial charge in [-0.15, -0.1) is 0 Å². The Morgan fingerprint density at radius 2 is 1.90 bits per heavy atom. The summed E-state index contributed by atoms with van der Waals surface area (Å²) in [5.41, 5.74) is 2.92. The van der Waals surface area contributed by atoms with E-state index in [9.17, 15) is 14.4 Å². The number of urea groups is 1. The van der Waals surface area contributed by atoms with Crippen LogP contribution >= 0.6 is 22.6 Å². The lowest BCUT2D eigenvalue weighted by Gasteiger charge is -2.11. The maximum atomic E-state index is 12.7. The Morgan fingerprint density at radius 3 is 2.55 bits per heavy atom. The molecule has 1 saturated heterocycles. The number of nitrogens with one attached hydrogen (secondary N) is 1. The van der Waals surface area contributed by atoms with Crippen molar-refractivity contribution in [2.45, 2.75) is 13.5 Å². The highest BCUT2D eigenvalue weighted by Gasteiger charge is 2.33. The van der Waals surface area contributed by atoms with Crippen LogP contribution in [0.2, 0.25) is 0 Å². The van der Waals surface area contributed by atoms with Crippen LogP contribution in [0.3, 0.4) is 0 Å². The first-order chi connectivity index (χ1) is 13.9. The second-order valence-electron chi connectivity index (χ2n) is 6.42. The van der Waals surface area contributed by atoms with Gasteiger partial charge in [0.05, 0.1) is 17.2 Å². The molecule has 1 fully saturated rings. The fourth-order valence-electron chi connectivity index (χ4n) is 2.68. The topological polar surface area (TPSA) is 84.9 Å². The van der Waals surface area contributed by atoms with E-state index < -0.39 is 12.0 Å². The zero-order valence-corrected chi connectivity index (χ0v) is 18.1. The normalized spacial score (nSPS) is 14.9. The van der Waals surface area contributed by atoms with E-state index in [1.54, 1.807) is 24.3 Å². The summed E-state index contributed by atoms with van der Waals surface area (Å²) in [5, 5.41) is 2.62. The minimum Gasteiger partial charge on any atom is -0.481 e. The molecule has 0 aliphatic carbocycles. The number of imide groups is 1. The maximum Gasteiger partial charge on any atom is 0.343 e. The fraction of sp³-hybridized carbons (Fsp3) is 0.190. The van der Waals surface area contributed by atoms with Crippen molar-refractivity contribution in [1.82, 2.24) is 10.2 Å². The Balaban J connectivity index is 1.72. The van der Waals surface area contributed by atoms with Crippen molar-refractivity contribution in [2.75, 3.05) is 13.7 Å². The molecule has 1 aliphatic rings. The van der Waals surface area contributed by atoms with Gasteiger partial charge in [-0.3, -0.25) is 9.69 Å². The molecule has 0 saturated carbocycles. The first-order valence-corrected chi connectivity index (χ1v) is 9.84. The van der Waals surface area contributed by atoms with Gasteiger partial charge in [0.1, 0.15) is 11.4 Å². The summed E-state index contributed by atoms with van der Waals surface area (Å²) >= 11 is 2.07. The Labute approximate surface area is 181 Å². The van der Waals surface area contributed by atoms with E-state index in [0.717, 1.165) is 20.3 Å². The number of methoxy groups -OCH3 is 1. The Kier molecular flexibility index (Phi) is 6.53. The third-order valence-corrected chi connectivity index (χ3v) is 5.11. The van der Waals surface area contributed by atoms with E-state index in [0.29, 0.717) is 5.75 Å². The predicted molar refractivity (Wildman–Crippen MR) is 115 cm³/mol. The molecular weight excluding hydrogens is 487 g/mol. The van der Waals surface area contributed by atoms with E-state index in [1.807, 2.05) is 31.2 Å². The molecule has 1 aliphatic heterocycles. The van der Waals surface area contributed by atoms with Crippen LogP contribution in [0.15, 0.2) is 48.2 Å². The summed E-state index contributed by atoms with van der Waals surface area (Å²) in [6.45, 7) is 2.00. The van der Waals surface area contributed by atoms with Crippen LogP contribution < -0.4 is 10.1 Å². The highest BCUT2D eigenvalue weighted by Crippen LogP contribution is 2.24. The molecule has 1 heterocycles. The molecule has 2 aromatic carbocycles. The van der Waals surface area contributed by atoms with Gasteiger partial charge < -0.3 is 14.8 Å². The Morgan fingerprint density at radius 1 is 1.17 bits per heavy atom. The quantitative estimate of drug-likeness (QED) is 0.282. The lowest BCUT2D eigenvalue weighted by atomic mass is 10.1. The number of aryl methyl sites for hydroxylation is 1. The van der Waals surface area contributed by atoms with Crippen LogP contribution in [0.4, 0.5) is 4.79 Å². The minimum absolute atomic E-state index is 0.185. The first-order valence-electron chi connectivity index (χ1n) is 8.76. The van der Waals surface area contributed by atoms with Crippen molar-refractivity contribution in [2.24, 2.45) is 0 Å². The van der Waals surface area contributed by atoms with Crippen molar-refractivity contribution < 1.29 is 23.9 Å².